The zero-order valence-corrected chi connectivity index (χ0v) is 18.2. The molecule has 1 heterocycles. The Morgan fingerprint density at radius 1 is 0.844 bits per heavy atom. The predicted octanol–water partition coefficient (Wildman–Crippen LogP) is 5.57. The molecular weight excluding hydrogens is 402 g/mol. The molecule has 160 valence electrons. The van der Waals surface area contributed by atoms with Crippen LogP contribution < -0.4 is 4.74 Å². The molecule has 0 N–H and O–H groups in total. The number of rotatable bonds is 6. The van der Waals surface area contributed by atoms with Gasteiger partial charge in [0.25, 0.3) is 0 Å². The van der Waals surface area contributed by atoms with E-state index < -0.39 is 5.97 Å². The summed E-state index contributed by atoms with van der Waals surface area (Å²) in [6, 6.07) is 22.1. The molecule has 0 atom stereocenters. The van der Waals surface area contributed by atoms with E-state index in [0.29, 0.717) is 27.7 Å². The second-order valence-corrected chi connectivity index (χ2v) is 7.67. The number of nitrogens with zero attached hydrogens (tertiary/aromatic N) is 1. The van der Waals surface area contributed by atoms with Crippen molar-refractivity contribution in [1.82, 2.24) is 4.98 Å². The lowest BCUT2D eigenvalue weighted by Crippen LogP contribution is -2.15. The van der Waals surface area contributed by atoms with Gasteiger partial charge in [-0.3, -0.25) is 4.79 Å². The lowest BCUT2D eigenvalue weighted by Gasteiger charge is -2.11. The molecule has 0 amide bonds. The molecule has 0 bridgehead atoms. The van der Waals surface area contributed by atoms with Gasteiger partial charge in [0.15, 0.2) is 12.4 Å². The van der Waals surface area contributed by atoms with Gasteiger partial charge in [-0.25, -0.2) is 9.78 Å². The third-order valence-electron chi connectivity index (χ3n) is 5.28. The van der Waals surface area contributed by atoms with Crippen molar-refractivity contribution in [2.75, 3.05) is 13.7 Å². The Morgan fingerprint density at radius 2 is 1.53 bits per heavy atom. The summed E-state index contributed by atoms with van der Waals surface area (Å²) < 4.78 is 10.6. The summed E-state index contributed by atoms with van der Waals surface area (Å²) in [5.41, 5.74) is 5.11. The van der Waals surface area contributed by atoms with Crippen LogP contribution >= 0.6 is 0 Å². The fraction of sp³-hybridized carbons (Fsp3) is 0.148. The van der Waals surface area contributed by atoms with E-state index in [9.17, 15) is 9.59 Å². The third kappa shape index (κ3) is 4.52. The predicted molar refractivity (Wildman–Crippen MR) is 124 cm³/mol. The number of aromatic nitrogens is 1. The first-order chi connectivity index (χ1) is 15.4. The van der Waals surface area contributed by atoms with Crippen LogP contribution in [0, 0.1) is 13.8 Å². The van der Waals surface area contributed by atoms with E-state index in [4.69, 9.17) is 14.5 Å². The standard InChI is InChI=1S/C27H23NO4/c1-17-4-7-20(8-5-17)26(29)16-32-27(30)23-15-25(19-9-11-21(31-3)12-10-19)28-24-13-6-18(2)14-22(23)24/h4-15H,16H2,1-3H3. The van der Waals surface area contributed by atoms with Crippen LogP contribution in [-0.2, 0) is 4.74 Å². The quantitative estimate of drug-likeness (QED) is 0.299. The molecule has 0 aliphatic carbocycles. The van der Waals surface area contributed by atoms with E-state index in [1.54, 1.807) is 25.3 Å². The van der Waals surface area contributed by atoms with Crippen molar-refractivity contribution < 1.29 is 19.1 Å². The first kappa shape index (κ1) is 21.2. The summed E-state index contributed by atoms with van der Waals surface area (Å²) in [6.45, 7) is 3.58. The zero-order chi connectivity index (χ0) is 22.7. The van der Waals surface area contributed by atoms with E-state index in [1.807, 2.05) is 68.4 Å². The topological polar surface area (TPSA) is 65.5 Å². The Balaban J connectivity index is 1.66. The van der Waals surface area contributed by atoms with Crippen molar-refractivity contribution in [3.05, 3.63) is 95.1 Å². The minimum atomic E-state index is -0.557. The number of methoxy groups -OCH3 is 1. The summed E-state index contributed by atoms with van der Waals surface area (Å²) in [6.07, 6.45) is 0. The van der Waals surface area contributed by atoms with Crippen molar-refractivity contribution in [1.29, 1.82) is 0 Å². The number of carbonyl (C=O) groups excluding carboxylic acids is 2. The van der Waals surface area contributed by atoms with Crippen molar-refractivity contribution in [2.45, 2.75) is 13.8 Å². The lowest BCUT2D eigenvalue weighted by atomic mass is 10.0. The smallest absolute Gasteiger partial charge is 0.339 e. The second-order valence-electron chi connectivity index (χ2n) is 7.67. The van der Waals surface area contributed by atoms with Gasteiger partial charge in [0.2, 0.25) is 0 Å². The maximum absolute atomic E-state index is 13.0. The van der Waals surface area contributed by atoms with Crippen molar-refractivity contribution in [3.8, 4) is 17.0 Å². The number of Topliss-reactive ketones (excluding diaryl/α,β-unsaturated/α-hetero) is 1. The van der Waals surface area contributed by atoms with Gasteiger partial charge in [0.1, 0.15) is 5.75 Å². The maximum Gasteiger partial charge on any atom is 0.339 e. The van der Waals surface area contributed by atoms with Crippen LogP contribution in [0.2, 0.25) is 0 Å². The molecule has 4 aromatic rings. The van der Waals surface area contributed by atoms with Gasteiger partial charge in [-0.15, -0.1) is 0 Å². The Morgan fingerprint density at radius 3 is 2.22 bits per heavy atom. The van der Waals surface area contributed by atoms with Crippen molar-refractivity contribution in [2.24, 2.45) is 0 Å². The van der Waals surface area contributed by atoms with Crippen LogP contribution in [0.5, 0.6) is 5.75 Å². The average molecular weight is 425 g/mol. The number of ether oxygens (including phenoxy) is 2. The normalized spacial score (nSPS) is 10.7. The van der Waals surface area contributed by atoms with Crippen LogP contribution in [0.4, 0.5) is 0 Å². The molecule has 1 aromatic heterocycles. The number of carbonyl (C=O) groups is 2. The second kappa shape index (κ2) is 9.02. The van der Waals surface area contributed by atoms with Crippen molar-refractivity contribution in [3.63, 3.8) is 0 Å². The van der Waals surface area contributed by atoms with E-state index in [-0.39, 0.29) is 12.4 Å². The molecule has 3 aromatic carbocycles. The summed E-state index contributed by atoms with van der Waals surface area (Å²) >= 11 is 0. The Bertz CT molecular complexity index is 1290. The Labute approximate surface area is 186 Å². The number of esters is 1. The highest BCUT2D eigenvalue weighted by Crippen LogP contribution is 2.27. The first-order valence-corrected chi connectivity index (χ1v) is 10.3. The van der Waals surface area contributed by atoms with Gasteiger partial charge in [0.05, 0.1) is 23.9 Å². The molecule has 32 heavy (non-hydrogen) atoms. The number of pyridine rings is 1. The average Bonchev–Trinajstić information content (AvgIpc) is 2.82. The Hall–Kier alpha value is -3.99. The molecule has 5 nitrogen and oxygen atoms in total. The van der Waals surface area contributed by atoms with E-state index in [2.05, 4.69) is 0 Å². The van der Waals surface area contributed by atoms with Gasteiger partial charge in [-0.1, -0.05) is 41.5 Å². The monoisotopic (exact) mass is 425 g/mol. The molecule has 0 aliphatic heterocycles. The molecular formula is C27H23NO4. The molecule has 4 rings (SSSR count). The van der Waals surface area contributed by atoms with Crippen LogP contribution in [0.15, 0.2) is 72.8 Å². The lowest BCUT2D eigenvalue weighted by molar-refractivity contribution is 0.0476. The highest BCUT2D eigenvalue weighted by atomic mass is 16.5. The van der Waals surface area contributed by atoms with Crippen LogP contribution in [-0.4, -0.2) is 30.5 Å². The molecule has 0 saturated heterocycles. The highest BCUT2D eigenvalue weighted by Gasteiger charge is 2.17. The number of benzene rings is 3. The minimum absolute atomic E-state index is 0.247. The number of aryl methyl sites for hydroxylation is 2. The van der Waals surface area contributed by atoms with Crippen LogP contribution in [0.3, 0.4) is 0 Å². The molecule has 0 aliphatic rings. The third-order valence-corrected chi connectivity index (χ3v) is 5.28. The van der Waals surface area contributed by atoms with Gasteiger partial charge in [-0.2, -0.15) is 0 Å². The number of hydrogen-bond donors (Lipinski definition) is 0. The highest BCUT2D eigenvalue weighted by molar-refractivity contribution is 6.06. The fourth-order valence-electron chi connectivity index (χ4n) is 3.45. The summed E-state index contributed by atoms with van der Waals surface area (Å²) in [4.78, 5) is 30.2. The summed E-state index contributed by atoms with van der Waals surface area (Å²) in [5.74, 6) is -0.0686. The van der Waals surface area contributed by atoms with Crippen LogP contribution in [0.1, 0.15) is 31.8 Å². The van der Waals surface area contributed by atoms with E-state index >= 15 is 0 Å². The van der Waals surface area contributed by atoms with E-state index in [0.717, 1.165) is 22.4 Å². The largest absolute Gasteiger partial charge is 0.497 e. The van der Waals surface area contributed by atoms with Gasteiger partial charge in [0, 0.05) is 16.5 Å². The Kier molecular flexibility index (Phi) is 5.99. The molecule has 5 heteroatoms. The van der Waals surface area contributed by atoms with Crippen molar-refractivity contribution >= 4 is 22.7 Å². The number of hydrogen-bond acceptors (Lipinski definition) is 5. The summed E-state index contributed by atoms with van der Waals surface area (Å²) in [7, 11) is 1.61. The van der Waals surface area contributed by atoms with Gasteiger partial charge in [-0.05, 0) is 56.3 Å². The summed E-state index contributed by atoms with van der Waals surface area (Å²) in [5, 5.41) is 0.690. The minimum Gasteiger partial charge on any atom is -0.497 e. The zero-order valence-electron chi connectivity index (χ0n) is 18.2. The number of ketones is 1. The van der Waals surface area contributed by atoms with Crippen LogP contribution in [0.25, 0.3) is 22.2 Å². The SMILES string of the molecule is COc1ccc(-c2cc(C(=O)OCC(=O)c3ccc(C)cc3)c3cc(C)ccc3n2)cc1. The first-order valence-electron chi connectivity index (χ1n) is 10.3. The van der Waals surface area contributed by atoms with Gasteiger partial charge >= 0.3 is 5.97 Å². The molecule has 0 radical (unpaired) electrons. The van der Waals surface area contributed by atoms with E-state index in [1.165, 1.54) is 0 Å². The number of fused-ring (bicyclic) bond motifs is 1. The van der Waals surface area contributed by atoms with Gasteiger partial charge < -0.3 is 9.47 Å². The molecule has 0 fully saturated rings. The molecule has 0 spiro atoms. The molecule has 0 saturated carbocycles. The fourth-order valence-corrected chi connectivity index (χ4v) is 3.45. The maximum atomic E-state index is 13.0. The molecule has 0 unspecified atom stereocenters.